The van der Waals surface area contributed by atoms with Crippen molar-refractivity contribution in [2.45, 2.75) is 20.0 Å². The topological polar surface area (TPSA) is 51.7 Å². The van der Waals surface area contributed by atoms with Crippen LogP contribution in [0, 0.1) is 6.92 Å². The molecule has 0 amide bonds. The molecule has 0 unspecified atom stereocenters. The highest BCUT2D eigenvalue weighted by Gasteiger charge is 2.40. The quantitative estimate of drug-likeness (QED) is 0.430. The summed E-state index contributed by atoms with van der Waals surface area (Å²) in [6.45, 7) is 3.60. The molecule has 154 valence electrons. The van der Waals surface area contributed by atoms with Crippen molar-refractivity contribution < 1.29 is 4.79 Å². The van der Waals surface area contributed by atoms with Crippen molar-refractivity contribution >= 4 is 45.5 Å². The number of hydrogen-bond donors (Lipinski definition) is 1. The lowest BCUT2D eigenvalue weighted by Crippen LogP contribution is -2.37. The van der Waals surface area contributed by atoms with Crippen LogP contribution in [0.5, 0.6) is 0 Å². The number of rotatable bonds is 4. The Morgan fingerprint density at radius 3 is 2.52 bits per heavy atom. The van der Waals surface area contributed by atoms with Gasteiger partial charge >= 0.3 is 0 Å². The van der Waals surface area contributed by atoms with E-state index in [2.05, 4.69) is 17.1 Å². The monoisotopic (exact) mass is 428 g/mol. The molecule has 5 rings (SSSR count). The molecule has 0 aliphatic carbocycles. The van der Waals surface area contributed by atoms with Crippen LogP contribution in [0.3, 0.4) is 0 Å². The van der Waals surface area contributed by atoms with Crippen molar-refractivity contribution in [1.82, 2.24) is 4.98 Å². The lowest BCUT2D eigenvalue weighted by Gasteiger charge is -2.31. The number of anilines is 2. The Morgan fingerprint density at radius 1 is 1.00 bits per heavy atom. The number of aromatic nitrogens is 1. The number of hydrogen-bond acceptors (Lipinski definition) is 4. The molecule has 1 aromatic heterocycles. The minimum Gasteiger partial charge on any atom is -0.361 e. The number of halogens is 1. The zero-order valence-corrected chi connectivity index (χ0v) is 18.0. The first-order valence-corrected chi connectivity index (χ1v) is 10.5. The Kier molecular flexibility index (Phi) is 4.75. The number of benzene rings is 3. The van der Waals surface area contributed by atoms with Gasteiger partial charge in [0.15, 0.2) is 17.8 Å². The van der Waals surface area contributed by atoms with Gasteiger partial charge in [0.25, 0.3) is 0 Å². The Bertz CT molecular complexity index is 1310. The number of nitrogens with one attached hydrogen (secondary N) is 1. The van der Waals surface area contributed by atoms with Gasteiger partial charge in [0.05, 0.1) is 5.69 Å². The van der Waals surface area contributed by atoms with Gasteiger partial charge in [-0.15, -0.1) is 5.10 Å². The molecule has 31 heavy (non-hydrogen) atoms. The maximum Gasteiger partial charge on any atom is 0.198 e. The summed E-state index contributed by atoms with van der Waals surface area (Å²) in [4.78, 5) is 18.1. The number of ketones is 1. The van der Waals surface area contributed by atoms with Gasteiger partial charge in [-0.25, -0.2) is 5.01 Å². The largest absolute Gasteiger partial charge is 0.361 e. The van der Waals surface area contributed by atoms with Gasteiger partial charge in [0, 0.05) is 40.3 Å². The van der Waals surface area contributed by atoms with Gasteiger partial charge in [-0.3, -0.25) is 9.69 Å². The highest BCUT2D eigenvalue weighted by atomic mass is 35.5. The van der Waals surface area contributed by atoms with Crippen molar-refractivity contribution in [3.05, 3.63) is 95.1 Å². The number of aromatic amines is 1. The normalized spacial score (nSPS) is 16.1. The van der Waals surface area contributed by atoms with Crippen LogP contribution in [0.2, 0.25) is 5.02 Å². The number of carbonyl (C=O) groups excluding carboxylic acids is 1. The van der Waals surface area contributed by atoms with E-state index >= 15 is 0 Å². The maximum absolute atomic E-state index is 12.7. The van der Waals surface area contributed by atoms with E-state index in [-0.39, 0.29) is 11.9 Å². The Hall–Kier alpha value is -3.57. The molecule has 0 fully saturated rings. The van der Waals surface area contributed by atoms with E-state index in [4.69, 9.17) is 16.7 Å². The molecule has 2 heterocycles. The van der Waals surface area contributed by atoms with E-state index in [9.17, 15) is 4.79 Å². The number of fused-ring (bicyclic) bond motifs is 1. The zero-order valence-electron chi connectivity index (χ0n) is 17.2. The molecule has 0 bridgehead atoms. The molecule has 1 aliphatic rings. The number of hydrazone groups is 1. The lowest BCUT2D eigenvalue weighted by molar-refractivity contribution is -0.111. The van der Waals surface area contributed by atoms with Gasteiger partial charge in [-0.2, -0.15) is 0 Å². The highest BCUT2D eigenvalue weighted by molar-refractivity contribution is 6.44. The number of para-hydroxylation sites is 1. The second-order valence-electron chi connectivity index (χ2n) is 7.67. The number of nitrogens with zero attached hydrogens (tertiary/aromatic N) is 3. The third-order valence-electron chi connectivity index (χ3n) is 5.49. The first-order chi connectivity index (χ1) is 15.0. The summed E-state index contributed by atoms with van der Waals surface area (Å²) >= 11 is 6.13. The zero-order chi connectivity index (χ0) is 21.5. The van der Waals surface area contributed by atoms with Crippen molar-refractivity contribution in [2.75, 3.05) is 9.91 Å². The number of carbonyl (C=O) groups is 1. The van der Waals surface area contributed by atoms with E-state index < -0.39 is 0 Å². The predicted molar refractivity (Wildman–Crippen MR) is 127 cm³/mol. The molecule has 0 saturated heterocycles. The van der Waals surface area contributed by atoms with Crippen molar-refractivity contribution in [1.29, 1.82) is 0 Å². The third-order valence-corrected chi connectivity index (χ3v) is 5.74. The Balaban J connectivity index is 1.75. The van der Waals surface area contributed by atoms with Crippen LogP contribution in [-0.2, 0) is 4.79 Å². The molecular formula is C25H21ClN4O. The summed E-state index contributed by atoms with van der Waals surface area (Å²) in [5, 5.41) is 8.42. The second kappa shape index (κ2) is 7.60. The smallest absolute Gasteiger partial charge is 0.198 e. The van der Waals surface area contributed by atoms with Crippen molar-refractivity contribution in [2.24, 2.45) is 5.10 Å². The molecule has 4 aromatic rings. The standard InChI is InChI=1S/C25H21ClN4O/c1-16-6-5-7-20(14-16)29-24(17(2)31)28-30(19-12-10-18(26)11-13-19)25(29)22-15-27-23-9-4-3-8-21(22)23/h3-15,25,27H,1-2H3/t25-/m1/s1. The number of H-pyrrole nitrogens is 1. The minimum absolute atomic E-state index is 0.0946. The minimum atomic E-state index is -0.335. The summed E-state index contributed by atoms with van der Waals surface area (Å²) in [5.41, 5.74) is 4.96. The van der Waals surface area contributed by atoms with Gasteiger partial charge < -0.3 is 4.98 Å². The third kappa shape index (κ3) is 3.37. The van der Waals surface area contributed by atoms with E-state index in [0.717, 1.165) is 33.4 Å². The molecule has 1 aliphatic heterocycles. The van der Waals surface area contributed by atoms with Gasteiger partial charge in [0.1, 0.15) is 0 Å². The first-order valence-electron chi connectivity index (χ1n) is 10.1. The van der Waals surface area contributed by atoms with Crippen LogP contribution in [0.1, 0.15) is 24.2 Å². The first kappa shape index (κ1) is 19.4. The van der Waals surface area contributed by atoms with E-state index in [1.807, 2.05) is 83.7 Å². The van der Waals surface area contributed by atoms with E-state index in [0.29, 0.717) is 10.9 Å². The summed E-state index contributed by atoms with van der Waals surface area (Å²) in [5.74, 6) is 0.304. The highest BCUT2D eigenvalue weighted by Crippen LogP contribution is 2.41. The van der Waals surface area contributed by atoms with Gasteiger partial charge in [-0.05, 0) is 55.0 Å². The fourth-order valence-corrected chi connectivity index (χ4v) is 4.21. The number of Topliss-reactive ketones (excluding diaryl/α,β-unsaturated/α-hetero) is 1. The molecule has 0 radical (unpaired) electrons. The van der Waals surface area contributed by atoms with Crippen molar-refractivity contribution in [3.8, 4) is 0 Å². The molecule has 1 atom stereocenters. The van der Waals surface area contributed by atoms with Crippen LogP contribution in [0.4, 0.5) is 11.4 Å². The fourth-order valence-electron chi connectivity index (χ4n) is 4.08. The summed E-state index contributed by atoms with van der Waals surface area (Å²) < 4.78 is 0. The second-order valence-corrected chi connectivity index (χ2v) is 8.11. The summed E-state index contributed by atoms with van der Waals surface area (Å²) in [6, 6.07) is 23.8. The van der Waals surface area contributed by atoms with Gasteiger partial charge in [-0.1, -0.05) is 41.9 Å². The Labute approximate surface area is 185 Å². The molecule has 0 spiro atoms. The van der Waals surface area contributed by atoms with E-state index in [1.54, 1.807) is 6.92 Å². The van der Waals surface area contributed by atoms with Crippen LogP contribution >= 0.6 is 11.6 Å². The SMILES string of the molecule is CC(=O)C1=NN(c2ccc(Cl)cc2)[C@H](c2c[nH]c3ccccc23)N1c1cccc(C)c1. The number of amidine groups is 1. The Morgan fingerprint density at radius 2 is 1.77 bits per heavy atom. The molecule has 0 saturated carbocycles. The molecule has 6 heteroatoms. The average Bonchev–Trinajstić information content (AvgIpc) is 3.36. The number of aryl methyl sites for hydroxylation is 1. The molecule has 3 aromatic carbocycles. The van der Waals surface area contributed by atoms with Crippen LogP contribution in [0.25, 0.3) is 10.9 Å². The summed E-state index contributed by atoms with van der Waals surface area (Å²) in [6.07, 6.45) is 1.66. The van der Waals surface area contributed by atoms with Gasteiger partial charge in [0.2, 0.25) is 0 Å². The molecule has 1 N–H and O–H groups in total. The maximum atomic E-state index is 12.7. The van der Waals surface area contributed by atoms with Crippen molar-refractivity contribution in [3.63, 3.8) is 0 Å². The van der Waals surface area contributed by atoms with Crippen LogP contribution < -0.4 is 9.91 Å². The van der Waals surface area contributed by atoms with E-state index in [1.165, 1.54) is 0 Å². The molecular weight excluding hydrogens is 408 g/mol. The fraction of sp³-hybridized carbons (Fsp3) is 0.120. The molecule has 5 nitrogen and oxygen atoms in total. The van der Waals surface area contributed by atoms with Crippen LogP contribution in [-0.4, -0.2) is 16.6 Å². The summed E-state index contributed by atoms with van der Waals surface area (Å²) in [7, 11) is 0. The average molecular weight is 429 g/mol. The predicted octanol–water partition coefficient (Wildman–Crippen LogP) is 6.06. The lowest BCUT2D eigenvalue weighted by atomic mass is 10.1. The van der Waals surface area contributed by atoms with Crippen LogP contribution in [0.15, 0.2) is 84.1 Å².